The maximum absolute atomic E-state index is 12.3. The Labute approximate surface area is 95.4 Å². The van der Waals surface area contributed by atoms with Crippen LogP contribution >= 0.6 is 0 Å². The van der Waals surface area contributed by atoms with Crippen molar-refractivity contribution in [2.75, 3.05) is 5.32 Å². The molecule has 90 valence electrons. The third-order valence-electron chi connectivity index (χ3n) is 2.15. The SMILES string of the molecule is O=C(Nc1cn[nH]c1)c1cccn1CC(F)F. The van der Waals surface area contributed by atoms with Gasteiger partial charge in [0.15, 0.2) is 0 Å². The minimum Gasteiger partial charge on any atom is -0.338 e. The smallest absolute Gasteiger partial charge is 0.272 e. The minimum atomic E-state index is -2.50. The first-order valence-corrected chi connectivity index (χ1v) is 4.90. The number of aromatic amines is 1. The van der Waals surface area contributed by atoms with Crippen molar-refractivity contribution in [1.29, 1.82) is 0 Å². The molecular formula is C10H10F2N4O. The van der Waals surface area contributed by atoms with Gasteiger partial charge >= 0.3 is 0 Å². The average molecular weight is 240 g/mol. The van der Waals surface area contributed by atoms with Crippen molar-refractivity contribution in [2.24, 2.45) is 0 Å². The van der Waals surface area contributed by atoms with Crippen molar-refractivity contribution in [2.45, 2.75) is 13.0 Å². The molecule has 0 aliphatic rings. The lowest BCUT2D eigenvalue weighted by Gasteiger charge is -2.07. The number of carbonyl (C=O) groups is 1. The molecule has 0 aliphatic heterocycles. The first-order chi connectivity index (χ1) is 8.16. The third-order valence-corrected chi connectivity index (χ3v) is 2.15. The van der Waals surface area contributed by atoms with Gasteiger partial charge in [-0.05, 0) is 12.1 Å². The number of carbonyl (C=O) groups excluding carboxylic acids is 1. The molecule has 0 aromatic carbocycles. The molecule has 0 saturated heterocycles. The van der Waals surface area contributed by atoms with Crippen molar-refractivity contribution in [3.63, 3.8) is 0 Å². The molecule has 2 aromatic heterocycles. The number of hydrogen-bond acceptors (Lipinski definition) is 2. The molecule has 0 aliphatic carbocycles. The van der Waals surface area contributed by atoms with E-state index in [1.165, 1.54) is 29.2 Å². The normalized spacial score (nSPS) is 10.8. The molecule has 2 heterocycles. The summed E-state index contributed by atoms with van der Waals surface area (Å²) in [6.45, 7) is -0.499. The highest BCUT2D eigenvalue weighted by Crippen LogP contribution is 2.09. The number of nitrogens with one attached hydrogen (secondary N) is 2. The van der Waals surface area contributed by atoms with Gasteiger partial charge in [0, 0.05) is 12.4 Å². The van der Waals surface area contributed by atoms with Crippen LogP contribution in [0.5, 0.6) is 0 Å². The van der Waals surface area contributed by atoms with Gasteiger partial charge < -0.3 is 9.88 Å². The molecule has 5 nitrogen and oxygen atoms in total. The number of amides is 1. The first-order valence-electron chi connectivity index (χ1n) is 4.90. The highest BCUT2D eigenvalue weighted by Gasteiger charge is 2.14. The number of anilines is 1. The number of nitrogens with zero attached hydrogens (tertiary/aromatic N) is 2. The Morgan fingerprint density at radius 2 is 2.41 bits per heavy atom. The molecule has 1 amide bonds. The van der Waals surface area contributed by atoms with Crippen LogP contribution in [-0.2, 0) is 6.54 Å². The monoisotopic (exact) mass is 240 g/mol. The Hall–Kier alpha value is -2.18. The summed E-state index contributed by atoms with van der Waals surface area (Å²) in [7, 11) is 0. The van der Waals surface area contributed by atoms with Crippen molar-refractivity contribution in [1.82, 2.24) is 14.8 Å². The van der Waals surface area contributed by atoms with Gasteiger partial charge in [-0.1, -0.05) is 0 Å². The van der Waals surface area contributed by atoms with Gasteiger partial charge in [-0.3, -0.25) is 9.89 Å². The largest absolute Gasteiger partial charge is 0.338 e. The number of hydrogen-bond donors (Lipinski definition) is 2. The van der Waals surface area contributed by atoms with Crippen LogP contribution in [0.4, 0.5) is 14.5 Å². The predicted molar refractivity (Wildman–Crippen MR) is 57.0 cm³/mol. The van der Waals surface area contributed by atoms with Crippen molar-refractivity contribution in [3.05, 3.63) is 36.4 Å². The van der Waals surface area contributed by atoms with Gasteiger partial charge in [0.25, 0.3) is 12.3 Å². The maximum Gasteiger partial charge on any atom is 0.272 e. The molecule has 7 heteroatoms. The molecule has 2 rings (SSSR count). The van der Waals surface area contributed by atoms with Crippen LogP contribution in [0.2, 0.25) is 0 Å². The predicted octanol–water partition coefficient (Wildman–Crippen LogP) is 1.73. The van der Waals surface area contributed by atoms with E-state index in [0.29, 0.717) is 5.69 Å². The Balaban J connectivity index is 2.11. The van der Waals surface area contributed by atoms with E-state index in [1.807, 2.05) is 0 Å². The van der Waals surface area contributed by atoms with Gasteiger partial charge in [0.1, 0.15) is 5.69 Å². The highest BCUT2D eigenvalue weighted by molar-refractivity contribution is 6.03. The molecule has 0 spiro atoms. The second kappa shape index (κ2) is 4.77. The van der Waals surface area contributed by atoms with E-state index < -0.39 is 18.9 Å². The lowest BCUT2D eigenvalue weighted by molar-refractivity contribution is 0.0998. The zero-order valence-electron chi connectivity index (χ0n) is 8.73. The molecular weight excluding hydrogens is 230 g/mol. The van der Waals surface area contributed by atoms with Crippen LogP contribution < -0.4 is 5.32 Å². The lowest BCUT2D eigenvalue weighted by atomic mass is 10.4. The van der Waals surface area contributed by atoms with Crippen LogP contribution in [0.3, 0.4) is 0 Å². The minimum absolute atomic E-state index is 0.187. The topological polar surface area (TPSA) is 62.7 Å². The Kier molecular flexibility index (Phi) is 3.17. The van der Waals surface area contributed by atoms with Crippen LogP contribution in [0, 0.1) is 0 Å². The lowest BCUT2D eigenvalue weighted by Crippen LogP contribution is -2.18. The van der Waals surface area contributed by atoms with E-state index in [4.69, 9.17) is 0 Å². The number of alkyl halides is 2. The maximum atomic E-state index is 12.3. The summed E-state index contributed by atoms with van der Waals surface area (Å²) in [6, 6.07) is 3.03. The summed E-state index contributed by atoms with van der Waals surface area (Å²) >= 11 is 0. The zero-order valence-corrected chi connectivity index (χ0v) is 8.73. The van der Waals surface area contributed by atoms with Crippen LogP contribution in [-0.4, -0.2) is 27.1 Å². The fraction of sp³-hybridized carbons (Fsp3) is 0.200. The number of rotatable bonds is 4. The van der Waals surface area contributed by atoms with E-state index in [9.17, 15) is 13.6 Å². The van der Waals surface area contributed by atoms with E-state index >= 15 is 0 Å². The number of H-pyrrole nitrogens is 1. The summed E-state index contributed by atoms with van der Waals surface area (Å²) in [5, 5.41) is 8.74. The van der Waals surface area contributed by atoms with Gasteiger partial charge in [0.05, 0.1) is 18.4 Å². The molecule has 2 N–H and O–H groups in total. The average Bonchev–Trinajstić information content (AvgIpc) is 2.87. The van der Waals surface area contributed by atoms with Crippen LogP contribution in [0.1, 0.15) is 10.5 Å². The second-order valence-corrected chi connectivity index (χ2v) is 3.38. The number of halogens is 2. The van der Waals surface area contributed by atoms with E-state index in [0.717, 1.165) is 0 Å². The summed E-state index contributed by atoms with van der Waals surface area (Å²) in [5.41, 5.74) is 0.672. The van der Waals surface area contributed by atoms with E-state index in [1.54, 1.807) is 6.07 Å². The Morgan fingerprint density at radius 3 is 3.06 bits per heavy atom. The Morgan fingerprint density at radius 1 is 1.59 bits per heavy atom. The van der Waals surface area contributed by atoms with Crippen molar-refractivity contribution >= 4 is 11.6 Å². The molecule has 0 unspecified atom stereocenters. The van der Waals surface area contributed by atoms with E-state index in [-0.39, 0.29) is 5.69 Å². The summed E-state index contributed by atoms with van der Waals surface area (Å²) in [6.07, 6.45) is 1.87. The molecule has 0 radical (unpaired) electrons. The second-order valence-electron chi connectivity index (χ2n) is 3.38. The van der Waals surface area contributed by atoms with Gasteiger partial charge in [-0.2, -0.15) is 5.10 Å². The molecule has 0 bridgehead atoms. The van der Waals surface area contributed by atoms with Crippen LogP contribution in [0.25, 0.3) is 0 Å². The van der Waals surface area contributed by atoms with Gasteiger partial charge in [0.2, 0.25) is 0 Å². The fourth-order valence-electron chi connectivity index (χ4n) is 1.44. The quantitative estimate of drug-likeness (QED) is 0.854. The van der Waals surface area contributed by atoms with Gasteiger partial charge in [-0.15, -0.1) is 0 Å². The first kappa shape index (κ1) is 11.3. The fourth-order valence-corrected chi connectivity index (χ4v) is 1.44. The molecule has 0 saturated carbocycles. The highest BCUT2D eigenvalue weighted by atomic mass is 19.3. The van der Waals surface area contributed by atoms with E-state index in [2.05, 4.69) is 15.5 Å². The summed E-state index contributed by atoms with van der Waals surface area (Å²) in [4.78, 5) is 11.8. The molecule has 17 heavy (non-hydrogen) atoms. The summed E-state index contributed by atoms with van der Waals surface area (Å²) in [5.74, 6) is -0.447. The zero-order chi connectivity index (χ0) is 12.3. The molecule has 0 atom stereocenters. The summed E-state index contributed by atoms with van der Waals surface area (Å²) < 4.78 is 25.7. The van der Waals surface area contributed by atoms with Crippen LogP contribution in [0.15, 0.2) is 30.7 Å². The molecule has 0 fully saturated rings. The van der Waals surface area contributed by atoms with Crippen molar-refractivity contribution in [3.8, 4) is 0 Å². The van der Waals surface area contributed by atoms with Crippen molar-refractivity contribution < 1.29 is 13.6 Å². The number of aromatic nitrogens is 3. The Bertz CT molecular complexity index is 492. The molecule has 2 aromatic rings. The standard InChI is InChI=1S/C10H10F2N4O/c11-9(12)6-16-3-1-2-8(16)10(17)15-7-4-13-14-5-7/h1-5,9H,6H2,(H,13,14)(H,15,17). The van der Waals surface area contributed by atoms with Gasteiger partial charge in [-0.25, -0.2) is 8.78 Å². The third kappa shape index (κ3) is 2.68.